The van der Waals surface area contributed by atoms with Crippen LogP contribution in [0, 0.1) is 17.1 Å². The van der Waals surface area contributed by atoms with E-state index in [-0.39, 0.29) is 11.7 Å². The number of nitrogens with one attached hydrogen (secondary N) is 2. The van der Waals surface area contributed by atoms with E-state index in [9.17, 15) is 14.4 Å². The highest BCUT2D eigenvalue weighted by atomic mass is 19.1. The van der Waals surface area contributed by atoms with Crippen molar-refractivity contribution in [2.24, 2.45) is 0 Å². The maximum atomic E-state index is 13.4. The topological polar surface area (TPSA) is 109 Å². The van der Waals surface area contributed by atoms with Crippen molar-refractivity contribution < 1.29 is 9.18 Å². The number of nitrogens with zero attached hydrogens (tertiary/aromatic N) is 5. The zero-order valence-corrected chi connectivity index (χ0v) is 18.0. The van der Waals surface area contributed by atoms with E-state index in [1.54, 1.807) is 72.5 Å². The second kappa shape index (κ2) is 8.60. The molecule has 8 nitrogen and oxygen atoms in total. The van der Waals surface area contributed by atoms with Gasteiger partial charge in [0, 0.05) is 17.5 Å². The maximum Gasteiger partial charge on any atom is 0.255 e. The fourth-order valence-electron chi connectivity index (χ4n) is 3.85. The third kappa shape index (κ3) is 3.89. The van der Waals surface area contributed by atoms with Gasteiger partial charge in [0.25, 0.3) is 5.91 Å². The lowest BCUT2D eigenvalue weighted by Crippen LogP contribution is -2.31. The van der Waals surface area contributed by atoms with E-state index in [0.717, 1.165) is 5.56 Å². The number of hydrogen-bond donors (Lipinski definition) is 2. The van der Waals surface area contributed by atoms with Gasteiger partial charge in [-0.15, -0.1) is 5.10 Å². The molecule has 4 aromatic rings. The Morgan fingerprint density at radius 1 is 1.15 bits per heavy atom. The van der Waals surface area contributed by atoms with Crippen molar-refractivity contribution in [1.29, 1.82) is 5.26 Å². The highest BCUT2D eigenvalue weighted by Gasteiger charge is 2.34. The van der Waals surface area contributed by atoms with Gasteiger partial charge in [0.2, 0.25) is 5.95 Å². The van der Waals surface area contributed by atoms with Crippen molar-refractivity contribution in [3.63, 3.8) is 0 Å². The smallest absolute Gasteiger partial charge is 0.255 e. The SMILES string of the molecule is CC1=C(C(=O)Nc2cccnc2)C(c2ccc(C#N)cc2)n2nc(-c3ccc(F)cc3)nc2N1. The molecule has 0 radical (unpaired) electrons. The van der Waals surface area contributed by atoms with E-state index in [1.807, 2.05) is 0 Å². The number of amides is 1. The first-order chi connectivity index (χ1) is 16.5. The molecule has 0 spiro atoms. The normalized spacial score (nSPS) is 14.7. The monoisotopic (exact) mass is 451 g/mol. The predicted molar refractivity (Wildman–Crippen MR) is 124 cm³/mol. The third-order valence-corrected chi connectivity index (χ3v) is 5.47. The van der Waals surface area contributed by atoms with Crippen molar-refractivity contribution in [2.75, 3.05) is 10.6 Å². The number of carbonyl (C=O) groups excluding carboxylic acids is 1. The van der Waals surface area contributed by atoms with Gasteiger partial charge in [-0.25, -0.2) is 9.07 Å². The summed E-state index contributed by atoms with van der Waals surface area (Å²) in [6.45, 7) is 1.80. The summed E-state index contributed by atoms with van der Waals surface area (Å²) in [5.74, 6) is 0.164. The number of carbonyl (C=O) groups is 1. The Morgan fingerprint density at radius 3 is 2.59 bits per heavy atom. The number of nitriles is 1. The highest BCUT2D eigenvalue weighted by molar-refractivity contribution is 6.05. The molecule has 2 aromatic carbocycles. The Kier molecular flexibility index (Phi) is 5.32. The molecule has 1 unspecified atom stereocenters. The molecule has 1 amide bonds. The van der Waals surface area contributed by atoms with E-state index in [4.69, 9.17) is 0 Å². The molecule has 2 N–H and O–H groups in total. The molecule has 5 rings (SSSR count). The zero-order valence-electron chi connectivity index (χ0n) is 18.0. The first kappa shape index (κ1) is 21.0. The van der Waals surface area contributed by atoms with Gasteiger partial charge in [0.1, 0.15) is 11.9 Å². The Bertz CT molecular complexity index is 1440. The van der Waals surface area contributed by atoms with Gasteiger partial charge in [0.05, 0.1) is 29.1 Å². The van der Waals surface area contributed by atoms with Gasteiger partial charge >= 0.3 is 0 Å². The van der Waals surface area contributed by atoms with E-state index in [1.165, 1.54) is 12.1 Å². The van der Waals surface area contributed by atoms with Crippen molar-refractivity contribution in [2.45, 2.75) is 13.0 Å². The third-order valence-electron chi connectivity index (χ3n) is 5.47. The number of aromatic nitrogens is 4. The van der Waals surface area contributed by atoms with Crippen LogP contribution in [0.3, 0.4) is 0 Å². The van der Waals surface area contributed by atoms with Crippen LogP contribution >= 0.6 is 0 Å². The van der Waals surface area contributed by atoms with Crippen LogP contribution in [0.25, 0.3) is 11.4 Å². The lowest BCUT2D eigenvalue weighted by molar-refractivity contribution is -0.113. The largest absolute Gasteiger partial charge is 0.328 e. The summed E-state index contributed by atoms with van der Waals surface area (Å²) < 4.78 is 15.0. The maximum absolute atomic E-state index is 13.4. The summed E-state index contributed by atoms with van der Waals surface area (Å²) in [6, 6.07) is 17.9. The molecule has 1 aliphatic heterocycles. The molecule has 2 aromatic heterocycles. The molecule has 9 heteroatoms. The van der Waals surface area contributed by atoms with Crippen molar-refractivity contribution in [3.05, 3.63) is 101 Å². The summed E-state index contributed by atoms with van der Waals surface area (Å²) in [5.41, 5.74) is 3.52. The lowest BCUT2D eigenvalue weighted by Gasteiger charge is -2.28. The fraction of sp³-hybridized carbons (Fsp3) is 0.0800. The standard InChI is InChI=1S/C25H18FN7O/c1-15-21(24(34)30-20-3-2-12-28-14-20)22(17-6-4-16(13-27)5-7-17)33-25(29-15)31-23(32-33)18-8-10-19(26)11-9-18/h2-12,14,22H,1H3,(H,30,34)(H,29,31,32). The number of rotatable bonds is 4. The summed E-state index contributed by atoms with van der Waals surface area (Å²) in [4.78, 5) is 22.0. The van der Waals surface area contributed by atoms with E-state index < -0.39 is 6.04 Å². The van der Waals surface area contributed by atoms with Crippen LogP contribution in [-0.2, 0) is 4.79 Å². The molecule has 166 valence electrons. The van der Waals surface area contributed by atoms with Gasteiger partial charge in [-0.1, -0.05) is 12.1 Å². The predicted octanol–water partition coefficient (Wildman–Crippen LogP) is 4.28. The molecular weight excluding hydrogens is 433 g/mol. The summed E-state index contributed by atoms with van der Waals surface area (Å²) in [6.07, 6.45) is 3.19. The molecule has 0 aliphatic carbocycles. The molecule has 3 heterocycles. The van der Waals surface area contributed by atoms with Gasteiger partial charge in [0.15, 0.2) is 5.82 Å². The minimum absolute atomic E-state index is 0.322. The van der Waals surface area contributed by atoms with Crippen LogP contribution in [0.2, 0.25) is 0 Å². The second-order valence-electron chi connectivity index (χ2n) is 7.71. The number of anilines is 2. The number of pyridine rings is 1. The van der Waals surface area contributed by atoms with Gasteiger partial charge in [-0.05, 0) is 61.0 Å². The number of benzene rings is 2. The van der Waals surface area contributed by atoms with Gasteiger partial charge < -0.3 is 10.6 Å². The molecular formula is C25H18FN7O. The Hall–Kier alpha value is -4.84. The summed E-state index contributed by atoms with van der Waals surface area (Å²) in [7, 11) is 0. The van der Waals surface area contributed by atoms with Gasteiger partial charge in [-0.3, -0.25) is 9.78 Å². The first-order valence-corrected chi connectivity index (χ1v) is 10.4. The lowest BCUT2D eigenvalue weighted by atomic mass is 9.94. The quantitative estimate of drug-likeness (QED) is 0.480. The first-order valence-electron chi connectivity index (χ1n) is 10.4. The number of allylic oxidation sites excluding steroid dienone is 1. The van der Waals surface area contributed by atoms with Crippen molar-refractivity contribution in [3.8, 4) is 17.5 Å². The van der Waals surface area contributed by atoms with E-state index in [2.05, 4.69) is 31.8 Å². The fourth-order valence-corrected chi connectivity index (χ4v) is 3.85. The zero-order chi connectivity index (χ0) is 23.7. The molecule has 1 atom stereocenters. The van der Waals surface area contributed by atoms with Crippen molar-refractivity contribution in [1.82, 2.24) is 19.7 Å². The molecule has 0 bridgehead atoms. The molecule has 1 aliphatic rings. The average Bonchev–Trinajstić information content (AvgIpc) is 3.27. The molecule has 0 saturated carbocycles. The van der Waals surface area contributed by atoms with Crippen LogP contribution in [0.5, 0.6) is 0 Å². The number of fused-ring (bicyclic) bond motifs is 1. The minimum Gasteiger partial charge on any atom is -0.328 e. The van der Waals surface area contributed by atoms with Crippen molar-refractivity contribution >= 4 is 17.5 Å². The molecule has 34 heavy (non-hydrogen) atoms. The number of halogens is 1. The second-order valence-corrected chi connectivity index (χ2v) is 7.71. The minimum atomic E-state index is -0.609. The summed E-state index contributed by atoms with van der Waals surface area (Å²) >= 11 is 0. The number of hydrogen-bond acceptors (Lipinski definition) is 6. The van der Waals surface area contributed by atoms with Crippen LogP contribution in [-0.4, -0.2) is 25.7 Å². The van der Waals surface area contributed by atoms with E-state index in [0.29, 0.717) is 39.9 Å². The summed E-state index contributed by atoms with van der Waals surface area (Å²) in [5, 5.41) is 19.9. The molecule has 0 fully saturated rings. The van der Waals surface area contributed by atoms with Crippen LogP contribution in [0.4, 0.5) is 16.0 Å². The van der Waals surface area contributed by atoms with Crippen LogP contribution in [0.15, 0.2) is 84.3 Å². The Labute approximate surface area is 194 Å². The molecule has 0 saturated heterocycles. The van der Waals surface area contributed by atoms with Crippen LogP contribution < -0.4 is 10.6 Å². The Balaban J connectivity index is 1.60. The Morgan fingerprint density at radius 2 is 1.91 bits per heavy atom. The van der Waals surface area contributed by atoms with Gasteiger partial charge in [-0.2, -0.15) is 10.2 Å². The highest BCUT2D eigenvalue weighted by Crippen LogP contribution is 2.37. The van der Waals surface area contributed by atoms with Crippen LogP contribution in [0.1, 0.15) is 24.1 Å². The van der Waals surface area contributed by atoms with E-state index >= 15 is 0 Å². The average molecular weight is 451 g/mol.